The molecule has 2 N–H and O–H groups in total. The maximum atomic E-state index is 8.47. The zero-order valence-corrected chi connectivity index (χ0v) is 7.25. The van der Waals surface area contributed by atoms with Crippen molar-refractivity contribution in [1.29, 1.82) is 5.26 Å². The number of rotatable bonds is 2. The average Bonchev–Trinajstić information content (AvgIpc) is 2.09. The Bertz CT molecular complexity index is 304. The lowest BCUT2D eigenvalue weighted by Crippen LogP contribution is -2.20. The fraction of sp³-hybridized carbons (Fsp3) is 0.222. The van der Waals surface area contributed by atoms with Crippen molar-refractivity contribution in [2.45, 2.75) is 12.5 Å². The van der Waals surface area contributed by atoms with E-state index in [1.54, 1.807) is 6.07 Å². The van der Waals surface area contributed by atoms with Crippen LogP contribution in [0.3, 0.4) is 0 Å². The molecule has 1 atom stereocenters. The smallest absolute Gasteiger partial charge is 0.0969 e. The van der Waals surface area contributed by atoms with Crippen LogP contribution in [0.25, 0.3) is 0 Å². The minimum atomic E-state index is -0.468. The lowest BCUT2D eigenvalue weighted by Gasteiger charge is -2.04. The summed E-state index contributed by atoms with van der Waals surface area (Å²) < 4.78 is 0. The summed E-state index contributed by atoms with van der Waals surface area (Å²) >= 11 is 5.86. The number of benzene rings is 1. The molecule has 1 aromatic carbocycles. The van der Waals surface area contributed by atoms with E-state index in [9.17, 15) is 0 Å². The quantitative estimate of drug-likeness (QED) is 0.754. The second-order valence-electron chi connectivity index (χ2n) is 2.53. The number of halogens is 1. The molecular formula is C9H9ClN2. The molecule has 0 bridgehead atoms. The molecule has 1 rings (SSSR count). The highest BCUT2D eigenvalue weighted by Crippen LogP contribution is 2.15. The molecule has 0 unspecified atom stereocenters. The van der Waals surface area contributed by atoms with E-state index < -0.39 is 6.04 Å². The Morgan fingerprint density at radius 2 is 2.17 bits per heavy atom. The predicted molar refractivity (Wildman–Crippen MR) is 48.7 cm³/mol. The van der Waals surface area contributed by atoms with Gasteiger partial charge in [-0.25, -0.2) is 0 Å². The highest BCUT2D eigenvalue weighted by molar-refractivity contribution is 6.31. The molecule has 0 amide bonds. The summed E-state index contributed by atoms with van der Waals surface area (Å²) in [6, 6.07) is 8.89. The molecule has 62 valence electrons. The van der Waals surface area contributed by atoms with Gasteiger partial charge in [0.15, 0.2) is 0 Å². The van der Waals surface area contributed by atoms with Crippen LogP contribution >= 0.6 is 11.6 Å². The van der Waals surface area contributed by atoms with Crippen LogP contribution in [0.15, 0.2) is 24.3 Å². The fourth-order valence-electron chi connectivity index (χ4n) is 0.947. The van der Waals surface area contributed by atoms with Crippen LogP contribution in [0.2, 0.25) is 5.02 Å². The molecule has 0 saturated carbocycles. The third-order valence-electron chi connectivity index (χ3n) is 1.56. The molecule has 0 aliphatic rings. The number of nitrogens with two attached hydrogens (primary N) is 1. The normalized spacial score (nSPS) is 12.1. The van der Waals surface area contributed by atoms with Gasteiger partial charge in [-0.1, -0.05) is 29.8 Å². The molecule has 0 fully saturated rings. The highest BCUT2D eigenvalue weighted by Gasteiger charge is 2.04. The van der Waals surface area contributed by atoms with Crippen molar-refractivity contribution in [3.05, 3.63) is 34.9 Å². The molecule has 0 aromatic heterocycles. The topological polar surface area (TPSA) is 49.8 Å². The second kappa shape index (κ2) is 4.10. The number of nitriles is 1. The Hall–Kier alpha value is -1.04. The van der Waals surface area contributed by atoms with Gasteiger partial charge in [-0.2, -0.15) is 5.26 Å². The first-order valence-corrected chi connectivity index (χ1v) is 4.00. The second-order valence-corrected chi connectivity index (χ2v) is 2.94. The van der Waals surface area contributed by atoms with E-state index in [2.05, 4.69) is 0 Å². The summed E-state index contributed by atoms with van der Waals surface area (Å²) in [7, 11) is 0. The van der Waals surface area contributed by atoms with Crippen LogP contribution in [0.4, 0.5) is 0 Å². The third kappa shape index (κ3) is 2.23. The molecule has 0 aliphatic heterocycles. The van der Waals surface area contributed by atoms with Crippen LogP contribution in [-0.2, 0) is 6.42 Å². The van der Waals surface area contributed by atoms with E-state index in [0.29, 0.717) is 11.4 Å². The maximum Gasteiger partial charge on any atom is 0.0969 e. The van der Waals surface area contributed by atoms with Crippen molar-refractivity contribution in [2.75, 3.05) is 0 Å². The van der Waals surface area contributed by atoms with Crippen molar-refractivity contribution in [2.24, 2.45) is 5.73 Å². The SMILES string of the molecule is N#C[C@H](N)Cc1ccccc1Cl. The van der Waals surface area contributed by atoms with E-state index in [0.717, 1.165) is 5.56 Å². The van der Waals surface area contributed by atoms with Gasteiger partial charge in [0.2, 0.25) is 0 Å². The number of hydrogen-bond donors (Lipinski definition) is 1. The molecule has 0 aliphatic carbocycles. The van der Waals surface area contributed by atoms with Gasteiger partial charge in [-0.3, -0.25) is 0 Å². The summed E-state index contributed by atoms with van der Waals surface area (Å²) in [5.74, 6) is 0. The van der Waals surface area contributed by atoms with Crippen LogP contribution in [-0.4, -0.2) is 6.04 Å². The standard InChI is InChI=1S/C9H9ClN2/c10-9-4-2-1-3-7(9)5-8(12)6-11/h1-4,8H,5,12H2/t8-/m1/s1. The Kier molecular flexibility index (Phi) is 3.09. The van der Waals surface area contributed by atoms with Crippen LogP contribution in [0.1, 0.15) is 5.56 Å². The van der Waals surface area contributed by atoms with Crippen LogP contribution in [0.5, 0.6) is 0 Å². The molecule has 0 heterocycles. The van der Waals surface area contributed by atoms with E-state index in [1.807, 2.05) is 24.3 Å². The highest BCUT2D eigenvalue weighted by atomic mass is 35.5. The van der Waals surface area contributed by atoms with Crippen molar-refractivity contribution < 1.29 is 0 Å². The van der Waals surface area contributed by atoms with Gasteiger partial charge in [-0.15, -0.1) is 0 Å². The monoisotopic (exact) mass is 180 g/mol. The molecule has 0 saturated heterocycles. The summed E-state index contributed by atoms with van der Waals surface area (Å²) in [5, 5.41) is 9.14. The van der Waals surface area contributed by atoms with Crippen LogP contribution < -0.4 is 5.73 Å². The predicted octanol–water partition coefficient (Wildman–Crippen LogP) is 1.73. The van der Waals surface area contributed by atoms with Gasteiger partial charge in [0.05, 0.1) is 12.1 Å². The maximum absolute atomic E-state index is 8.47. The first-order valence-electron chi connectivity index (χ1n) is 3.62. The molecule has 0 radical (unpaired) electrons. The third-order valence-corrected chi connectivity index (χ3v) is 1.93. The molecule has 0 spiro atoms. The molecule has 1 aromatic rings. The van der Waals surface area contributed by atoms with Gasteiger partial charge in [0.1, 0.15) is 0 Å². The lowest BCUT2D eigenvalue weighted by molar-refractivity contribution is 0.823. The van der Waals surface area contributed by atoms with Crippen LogP contribution in [0, 0.1) is 11.3 Å². The number of hydrogen-bond acceptors (Lipinski definition) is 2. The van der Waals surface area contributed by atoms with Gasteiger partial charge in [0, 0.05) is 11.4 Å². The van der Waals surface area contributed by atoms with Crippen molar-refractivity contribution in [1.82, 2.24) is 0 Å². The summed E-state index contributed by atoms with van der Waals surface area (Å²) in [6.07, 6.45) is 0.510. The summed E-state index contributed by atoms with van der Waals surface area (Å²) in [6.45, 7) is 0. The largest absolute Gasteiger partial charge is 0.316 e. The Labute approximate surface area is 76.6 Å². The van der Waals surface area contributed by atoms with E-state index >= 15 is 0 Å². The lowest BCUT2D eigenvalue weighted by atomic mass is 10.1. The minimum Gasteiger partial charge on any atom is -0.316 e. The summed E-state index contributed by atoms with van der Waals surface area (Å²) in [5.41, 5.74) is 6.38. The average molecular weight is 181 g/mol. The summed E-state index contributed by atoms with van der Waals surface area (Å²) in [4.78, 5) is 0. The van der Waals surface area contributed by atoms with E-state index in [-0.39, 0.29) is 0 Å². The van der Waals surface area contributed by atoms with Gasteiger partial charge in [-0.05, 0) is 11.6 Å². The molecule has 12 heavy (non-hydrogen) atoms. The zero-order valence-electron chi connectivity index (χ0n) is 6.50. The molecule has 2 nitrogen and oxygen atoms in total. The van der Waals surface area contributed by atoms with E-state index in [4.69, 9.17) is 22.6 Å². The van der Waals surface area contributed by atoms with Crippen molar-refractivity contribution in [3.63, 3.8) is 0 Å². The Balaban J connectivity index is 2.77. The van der Waals surface area contributed by atoms with Gasteiger partial charge in [0.25, 0.3) is 0 Å². The zero-order chi connectivity index (χ0) is 8.97. The van der Waals surface area contributed by atoms with Gasteiger partial charge < -0.3 is 5.73 Å². The number of nitrogens with zero attached hydrogens (tertiary/aromatic N) is 1. The first-order chi connectivity index (χ1) is 5.74. The van der Waals surface area contributed by atoms with E-state index in [1.165, 1.54) is 0 Å². The fourth-order valence-corrected chi connectivity index (χ4v) is 1.16. The van der Waals surface area contributed by atoms with Crippen molar-refractivity contribution in [3.8, 4) is 6.07 Å². The Morgan fingerprint density at radius 1 is 1.50 bits per heavy atom. The van der Waals surface area contributed by atoms with Crippen molar-refractivity contribution >= 4 is 11.6 Å². The first kappa shape index (κ1) is 9.05. The molecule has 3 heteroatoms. The molecular weight excluding hydrogens is 172 g/mol. The Morgan fingerprint density at radius 3 is 2.75 bits per heavy atom. The minimum absolute atomic E-state index is 0.468. The van der Waals surface area contributed by atoms with Gasteiger partial charge >= 0.3 is 0 Å².